The summed E-state index contributed by atoms with van der Waals surface area (Å²) in [5, 5.41) is 8.61. The fourth-order valence-electron chi connectivity index (χ4n) is 9.16. The van der Waals surface area contributed by atoms with Crippen molar-refractivity contribution in [2.45, 2.75) is 0 Å². The first-order valence-corrected chi connectivity index (χ1v) is 21.4. The summed E-state index contributed by atoms with van der Waals surface area (Å²) >= 11 is 0. The van der Waals surface area contributed by atoms with Crippen molar-refractivity contribution in [3.05, 3.63) is 219 Å². The molecule has 0 unspecified atom stereocenters. The smallest absolute Gasteiger partial charge is 0.226 e. The summed E-state index contributed by atoms with van der Waals surface area (Å²) in [4.78, 5) is 11.0. The minimum Gasteiger partial charge on any atom is -0.309 e. The number of rotatable bonds is 7. The second-order valence-electron chi connectivity index (χ2n) is 14.6. The van der Waals surface area contributed by atoms with Crippen LogP contribution in [0.25, 0.3) is 66.1 Å². The van der Waals surface area contributed by atoms with Crippen molar-refractivity contribution >= 4 is 72.7 Å². The number of benzene rings is 8. The monoisotopic (exact) mass is 744 g/mol. The molecule has 0 aliphatic carbocycles. The van der Waals surface area contributed by atoms with E-state index in [4.69, 9.17) is 9.97 Å². The number of hydrogen-bond donors (Lipinski definition) is 0. The molecular formula is C52H36N4Si. The first kappa shape index (κ1) is 33.0. The van der Waals surface area contributed by atoms with Crippen LogP contribution in [0.4, 0.5) is 0 Å². The minimum atomic E-state index is -2.93. The second kappa shape index (κ2) is 13.4. The van der Waals surface area contributed by atoms with Crippen LogP contribution >= 0.6 is 0 Å². The third-order valence-corrected chi connectivity index (χ3v) is 16.1. The Bertz CT molecular complexity index is 2890. The van der Waals surface area contributed by atoms with Crippen molar-refractivity contribution in [1.82, 2.24) is 19.1 Å². The molecule has 3 aromatic heterocycles. The SMILES string of the molecule is c1ccc([Si](c2ccccc2)(c2ccccc2)c2ncc(-c3c(-n4c5ccccc5c5ccccc54)cccc3-n3c4ccccc4c4ccccc43)cn2)cc1. The molecule has 3 heterocycles. The highest BCUT2D eigenvalue weighted by atomic mass is 28.3. The van der Waals surface area contributed by atoms with Crippen molar-refractivity contribution in [3.8, 4) is 22.5 Å². The van der Waals surface area contributed by atoms with E-state index in [1.807, 2.05) is 0 Å². The van der Waals surface area contributed by atoms with Gasteiger partial charge in [-0.2, -0.15) is 0 Å². The van der Waals surface area contributed by atoms with Gasteiger partial charge >= 0.3 is 0 Å². The van der Waals surface area contributed by atoms with Crippen LogP contribution in [0.3, 0.4) is 0 Å². The van der Waals surface area contributed by atoms with E-state index in [1.54, 1.807) is 0 Å². The minimum absolute atomic E-state index is 0.850. The Kier molecular flexibility index (Phi) is 7.79. The molecule has 0 saturated heterocycles. The molecule has 5 heteroatoms. The van der Waals surface area contributed by atoms with Crippen LogP contribution in [0.2, 0.25) is 0 Å². The fourth-order valence-corrected chi connectivity index (χ4v) is 13.5. The van der Waals surface area contributed by atoms with Gasteiger partial charge < -0.3 is 9.13 Å². The molecule has 57 heavy (non-hydrogen) atoms. The highest BCUT2D eigenvalue weighted by molar-refractivity contribution is 7.19. The average Bonchev–Trinajstić information content (AvgIpc) is 3.81. The standard InChI is InChI=1S/C52H36N4Si/c1-4-19-38(20-5-1)57(39-21-6-2-7-22-39,40-23-8-3-9-24-40)52-53-35-37(36-54-52)51-49(55-45-29-14-10-25-41(45)42-26-11-15-30-46(42)55)33-18-34-50(51)56-47-31-16-12-27-43(47)44-28-13-17-32-48(44)56/h1-36H. The molecule has 0 N–H and O–H groups in total. The molecule has 0 saturated carbocycles. The van der Waals surface area contributed by atoms with Crippen molar-refractivity contribution < 1.29 is 0 Å². The predicted octanol–water partition coefficient (Wildman–Crippen LogP) is 9.72. The van der Waals surface area contributed by atoms with Gasteiger partial charge in [-0.3, -0.25) is 0 Å². The number of fused-ring (bicyclic) bond motifs is 6. The first-order valence-electron chi connectivity index (χ1n) is 19.4. The van der Waals surface area contributed by atoms with Gasteiger partial charge in [-0.25, -0.2) is 9.97 Å². The zero-order chi connectivity index (χ0) is 37.8. The van der Waals surface area contributed by atoms with Gasteiger partial charge in [0.15, 0.2) is 0 Å². The van der Waals surface area contributed by atoms with E-state index in [2.05, 4.69) is 228 Å². The second-order valence-corrected chi connectivity index (χ2v) is 18.2. The average molecular weight is 745 g/mol. The summed E-state index contributed by atoms with van der Waals surface area (Å²) in [7, 11) is -2.93. The van der Waals surface area contributed by atoms with Gasteiger partial charge in [-0.05, 0) is 52.0 Å². The van der Waals surface area contributed by atoms with Gasteiger partial charge in [0, 0.05) is 45.1 Å². The molecule has 8 aromatic carbocycles. The van der Waals surface area contributed by atoms with Crippen LogP contribution in [0.5, 0.6) is 0 Å². The Labute approximate surface area is 331 Å². The van der Waals surface area contributed by atoms with Crippen LogP contribution < -0.4 is 21.0 Å². The Balaban J connectivity index is 1.23. The molecule has 0 bridgehead atoms. The normalized spacial score (nSPS) is 11.9. The molecule has 0 fully saturated rings. The highest BCUT2D eigenvalue weighted by Crippen LogP contribution is 2.41. The zero-order valence-electron chi connectivity index (χ0n) is 31.1. The maximum Gasteiger partial charge on any atom is 0.226 e. The van der Waals surface area contributed by atoms with Crippen molar-refractivity contribution in [2.24, 2.45) is 0 Å². The third-order valence-electron chi connectivity index (χ3n) is 11.6. The summed E-state index contributed by atoms with van der Waals surface area (Å²) in [6.45, 7) is 0. The summed E-state index contributed by atoms with van der Waals surface area (Å²) < 4.78 is 4.84. The number of nitrogens with zero attached hydrogens (tertiary/aromatic N) is 4. The molecule has 0 amide bonds. The Morgan fingerprint density at radius 1 is 0.316 bits per heavy atom. The van der Waals surface area contributed by atoms with Crippen molar-refractivity contribution in [2.75, 3.05) is 0 Å². The van der Waals surface area contributed by atoms with E-state index in [-0.39, 0.29) is 0 Å². The predicted molar refractivity (Wildman–Crippen MR) is 240 cm³/mol. The number of para-hydroxylation sites is 4. The molecule has 0 radical (unpaired) electrons. The highest BCUT2D eigenvalue weighted by Gasteiger charge is 2.44. The maximum atomic E-state index is 5.48. The van der Waals surface area contributed by atoms with Gasteiger partial charge in [0.1, 0.15) is 5.45 Å². The zero-order valence-corrected chi connectivity index (χ0v) is 32.1. The van der Waals surface area contributed by atoms with E-state index in [9.17, 15) is 0 Å². The third kappa shape index (κ3) is 5.06. The van der Waals surface area contributed by atoms with E-state index >= 15 is 0 Å². The van der Waals surface area contributed by atoms with E-state index in [0.717, 1.165) is 50.0 Å². The molecule has 0 aliphatic rings. The topological polar surface area (TPSA) is 35.6 Å². The van der Waals surface area contributed by atoms with Gasteiger partial charge in [0.05, 0.1) is 33.4 Å². The summed E-state index contributed by atoms with van der Waals surface area (Å²) in [6, 6.07) is 74.1. The maximum absolute atomic E-state index is 5.48. The molecular weight excluding hydrogens is 709 g/mol. The lowest BCUT2D eigenvalue weighted by atomic mass is 10.0. The van der Waals surface area contributed by atoms with Crippen LogP contribution in [0.1, 0.15) is 0 Å². The Morgan fingerprint density at radius 3 is 0.982 bits per heavy atom. The Hall–Kier alpha value is -7.34. The lowest BCUT2D eigenvalue weighted by Gasteiger charge is -2.32. The molecule has 11 rings (SSSR count). The van der Waals surface area contributed by atoms with Crippen molar-refractivity contribution in [3.63, 3.8) is 0 Å². The van der Waals surface area contributed by atoms with Crippen LogP contribution in [-0.2, 0) is 0 Å². The quantitative estimate of drug-likeness (QED) is 0.120. The molecule has 0 atom stereocenters. The fraction of sp³-hybridized carbons (Fsp3) is 0. The molecule has 11 aromatic rings. The Morgan fingerprint density at radius 2 is 0.632 bits per heavy atom. The summed E-state index contributed by atoms with van der Waals surface area (Å²) in [5.41, 5.74) is 9.62. The summed E-state index contributed by atoms with van der Waals surface area (Å²) in [6.07, 6.45) is 4.14. The largest absolute Gasteiger partial charge is 0.309 e. The molecule has 4 nitrogen and oxygen atoms in total. The number of hydrogen-bond acceptors (Lipinski definition) is 2. The van der Waals surface area contributed by atoms with Crippen LogP contribution in [0.15, 0.2) is 219 Å². The lowest BCUT2D eigenvalue weighted by molar-refractivity contribution is 1.13. The van der Waals surface area contributed by atoms with Gasteiger partial charge in [0.25, 0.3) is 0 Å². The van der Waals surface area contributed by atoms with Crippen molar-refractivity contribution in [1.29, 1.82) is 0 Å². The van der Waals surface area contributed by atoms with Gasteiger partial charge in [-0.15, -0.1) is 0 Å². The number of aromatic nitrogens is 4. The van der Waals surface area contributed by atoms with Crippen LogP contribution in [0, 0.1) is 0 Å². The lowest BCUT2D eigenvalue weighted by Crippen LogP contribution is -2.76. The van der Waals surface area contributed by atoms with Crippen LogP contribution in [-0.4, -0.2) is 27.2 Å². The van der Waals surface area contributed by atoms with E-state index < -0.39 is 8.07 Å². The van der Waals surface area contributed by atoms with Gasteiger partial charge in [-0.1, -0.05) is 170 Å². The summed E-state index contributed by atoms with van der Waals surface area (Å²) in [5.74, 6) is 0. The molecule has 0 aliphatic heterocycles. The molecule has 0 spiro atoms. The molecule has 268 valence electrons. The first-order chi connectivity index (χ1) is 28.3. The van der Waals surface area contributed by atoms with Gasteiger partial charge in [0.2, 0.25) is 8.07 Å². The van der Waals surface area contributed by atoms with E-state index in [1.165, 1.54) is 37.1 Å². The van der Waals surface area contributed by atoms with E-state index in [0.29, 0.717) is 0 Å².